The van der Waals surface area contributed by atoms with Gasteiger partial charge >= 0.3 is 12.0 Å². The largest absolute Gasteiger partial charge is 0.481 e. The summed E-state index contributed by atoms with van der Waals surface area (Å²) in [7, 11) is 1.47. The molecule has 1 unspecified atom stereocenters. The van der Waals surface area contributed by atoms with Crippen LogP contribution in [0.25, 0.3) is 0 Å². The van der Waals surface area contributed by atoms with Gasteiger partial charge in [-0.2, -0.15) is 0 Å². The minimum Gasteiger partial charge on any atom is -0.481 e. The van der Waals surface area contributed by atoms with Gasteiger partial charge in [0, 0.05) is 20.1 Å². The van der Waals surface area contributed by atoms with Gasteiger partial charge in [-0.25, -0.2) is 4.79 Å². The van der Waals surface area contributed by atoms with Gasteiger partial charge < -0.3 is 20.6 Å². The van der Waals surface area contributed by atoms with Crippen molar-refractivity contribution in [3.8, 4) is 0 Å². The van der Waals surface area contributed by atoms with E-state index in [1.165, 1.54) is 18.9 Å². The van der Waals surface area contributed by atoms with E-state index in [0.717, 1.165) is 0 Å². The molecule has 0 aromatic heterocycles. The van der Waals surface area contributed by atoms with Crippen LogP contribution >= 0.6 is 0 Å². The first-order chi connectivity index (χ1) is 7.88. The predicted molar refractivity (Wildman–Crippen MR) is 61.5 cm³/mol. The number of nitrogens with zero attached hydrogens (tertiary/aromatic N) is 1. The van der Waals surface area contributed by atoms with Crippen LogP contribution in [0.15, 0.2) is 0 Å². The quantitative estimate of drug-likeness (QED) is 0.586. The summed E-state index contributed by atoms with van der Waals surface area (Å²) < 4.78 is 0. The Kier molecular flexibility index (Phi) is 6.69. The molecule has 0 saturated heterocycles. The van der Waals surface area contributed by atoms with Crippen molar-refractivity contribution in [2.45, 2.75) is 13.8 Å². The lowest BCUT2D eigenvalue weighted by Gasteiger charge is -2.18. The molecule has 0 aliphatic carbocycles. The summed E-state index contributed by atoms with van der Waals surface area (Å²) in [6.45, 7) is 3.76. The van der Waals surface area contributed by atoms with Crippen molar-refractivity contribution in [1.82, 2.24) is 15.5 Å². The Labute approximate surface area is 100 Å². The van der Waals surface area contributed by atoms with Gasteiger partial charge in [0.05, 0.1) is 5.92 Å². The highest BCUT2D eigenvalue weighted by atomic mass is 16.4. The summed E-state index contributed by atoms with van der Waals surface area (Å²) in [5.41, 5.74) is 0. The van der Waals surface area contributed by atoms with Crippen LogP contribution in [0.3, 0.4) is 0 Å². The molecular formula is C10H19N3O4. The molecule has 3 N–H and O–H groups in total. The maximum absolute atomic E-state index is 11.5. The number of likely N-dealkylation sites (N-methyl/N-ethyl adjacent to an activating group) is 2. The normalized spacial score (nSPS) is 11.5. The lowest BCUT2D eigenvalue weighted by atomic mass is 10.2. The molecule has 17 heavy (non-hydrogen) atoms. The van der Waals surface area contributed by atoms with Gasteiger partial charge in [-0.15, -0.1) is 0 Å². The summed E-state index contributed by atoms with van der Waals surface area (Å²) in [5, 5.41) is 13.6. The third-order valence-corrected chi connectivity index (χ3v) is 2.08. The molecule has 7 nitrogen and oxygen atoms in total. The van der Waals surface area contributed by atoms with E-state index >= 15 is 0 Å². The van der Waals surface area contributed by atoms with Gasteiger partial charge in [-0.3, -0.25) is 9.59 Å². The zero-order valence-electron chi connectivity index (χ0n) is 10.3. The first-order valence-electron chi connectivity index (χ1n) is 5.37. The lowest BCUT2D eigenvalue weighted by molar-refractivity contribution is -0.140. The van der Waals surface area contributed by atoms with Crippen molar-refractivity contribution in [1.29, 1.82) is 0 Å². The Morgan fingerprint density at radius 2 is 1.88 bits per heavy atom. The molecule has 7 heteroatoms. The molecule has 0 radical (unpaired) electrons. The first kappa shape index (κ1) is 15.2. The van der Waals surface area contributed by atoms with E-state index < -0.39 is 17.9 Å². The van der Waals surface area contributed by atoms with E-state index in [1.54, 1.807) is 6.92 Å². The molecule has 0 fully saturated rings. The van der Waals surface area contributed by atoms with E-state index in [2.05, 4.69) is 10.6 Å². The van der Waals surface area contributed by atoms with Crippen LogP contribution in [0.1, 0.15) is 13.8 Å². The number of amides is 3. The highest BCUT2D eigenvalue weighted by molar-refractivity contribution is 5.84. The number of hydrogen-bond acceptors (Lipinski definition) is 3. The van der Waals surface area contributed by atoms with Crippen LogP contribution in [0.5, 0.6) is 0 Å². The van der Waals surface area contributed by atoms with Gasteiger partial charge in [-0.1, -0.05) is 6.92 Å². The number of carboxylic acid groups (broad SMARTS) is 1. The molecule has 0 aliphatic rings. The minimum atomic E-state index is -0.975. The van der Waals surface area contributed by atoms with Crippen molar-refractivity contribution in [3.05, 3.63) is 0 Å². The highest BCUT2D eigenvalue weighted by Crippen LogP contribution is 1.92. The van der Waals surface area contributed by atoms with Crippen LogP contribution in [0.2, 0.25) is 0 Å². The number of carbonyl (C=O) groups excluding carboxylic acids is 2. The molecule has 0 heterocycles. The third-order valence-electron chi connectivity index (χ3n) is 2.08. The fourth-order valence-electron chi connectivity index (χ4n) is 1.00. The Balaban J connectivity index is 3.97. The summed E-state index contributed by atoms with van der Waals surface area (Å²) >= 11 is 0. The van der Waals surface area contributed by atoms with E-state index in [1.807, 2.05) is 0 Å². The van der Waals surface area contributed by atoms with Crippen molar-refractivity contribution >= 4 is 17.9 Å². The summed E-state index contributed by atoms with van der Waals surface area (Å²) in [6.07, 6.45) is 0. The van der Waals surface area contributed by atoms with Crippen LogP contribution in [0, 0.1) is 5.92 Å². The summed E-state index contributed by atoms with van der Waals surface area (Å²) in [4.78, 5) is 34.3. The molecule has 0 aromatic rings. The molecule has 0 aromatic carbocycles. The fraction of sp³-hybridized carbons (Fsp3) is 0.700. The molecular weight excluding hydrogens is 226 g/mol. The van der Waals surface area contributed by atoms with Crippen molar-refractivity contribution < 1.29 is 19.5 Å². The smallest absolute Gasteiger partial charge is 0.317 e. The monoisotopic (exact) mass is 245 g/mol. The second kappa shape index (κ2) is 7.48. The average molecular weight is 245 g/mol. The second-order valence-corrected chi connectivity index (χ2v) is 3.73. The van der Waals surface area contributed by atoms with Gasteiger partial charge in [0.25, 0.3) is 0 Å². The number of hydrogen-bond donors (Lipinski definition) is 3. The molecule has 1 atom stereocenters. The highest BCUT2D eigenvalue weighted by Gasteiger charge is 2.15. The molecule has 0 spiro atoms. The standard InChI is InChI=1S/C10H19N3O4/c1-4-11-8(14)6-13(3)10(17)12-5-7(2)9(15)16/h7H,4-6H2,1-3H3,(H,11,14)(H,12,17)(H,15,16). The SMILES string of the molecule is CCNC(=O)CN(C)C(=O)NCC(C)C(=O)O. The molecule has 98 valence electrons. The number of aliphatic carboxylic acids is 1. The Bertz CT molecular complexity index is 293. The number of rotatable bonds is 6. The molecule has 3 amide bonds. The van der Waals surface area contributed by atoms with E-state index in [9.17, 15) is 14.4 Å². The van der Waals surface area contributed by atoms with E-state index in [-0.39, 0.29) is 19.0 Å². The third kappa shape index (κ3) is 6.39. The van der Waals surface area contributed by atoms with Crippen LogP contribution in [-0.2, 0) is 9.59 Å². The maximum atomic E-state index is 11.5. The van der Waals surface area contributed by atoms with Crippen LogP contribution < -0.4 is 10.6 Å². The van der Waals surface area contributed by atoms with E-state index in [0.29, 0.717) is 6.54 Å². The minimum absolute atomic E-state index is 0.0356. The first-order valence-corrected chi connectivity index (χ1v) is 5.37. The van der Waals surface area contributed by atoms with Crippen LogP contribution in [-0.4, -0.2) is 54.6 Å². The zero-order chi connectivity index (χ0) is 13.4. The summed E-state index contributed by atoms with van der Waals surface area (Å²) in [6, 6.07) is -0.468. The van der Waals surface area contributed by atoms with Gasteiger partial charge in [0.1, 0.15) is 6.54 Å². The summed E-state index contributed by atoms with van der Waals surface area (Å²) in [5.74, 6) is -1.88. The van der Waals surface area contributed by atoms with E-state index in [4.69, 9.17) is 5.11 Å². The van der Waals surface area contributed by atoms with Gasteiger partial charge in [0.2, 0.25) is 5.91 Å². The predicted octanol–water partition coefficient (Wildman–Crippen LogP) is -0.515. The Morgan fingerprint density at radius 1 is 1.29 bits per heavy atom. The Hall–Kier alpha value is -1.79. The molecule has 0 aliphatic heterocycles. The topological polar surface area (TPSA) is 98.7 Å². The van der Waals surface area contributed by atoms with Crippen LogP contribution in [0.4, 0.5) is 4.79 Å². The lowest BCUT2D eigenvalue weighted by Crippen LogP contribution is -2.44. The molecule has 0 saturated carbocycles. The average Bonchev–Trinajstić information content (AvgIpc) is 2.25. The van der Waals surface area contributed by atoms with Crippen molar-refractivity contribution in [2.24, 2.45) is 5.92 Å². The Morgan fingerprint density at radius 3 is 2.35 bits per heavy atom. The number of nitrogens with one attached hydrogen (secondary N) is 2. The zero-order valence-corrected chi connectivity index (χ0v) is 10.3. The van der Waals surface area contributed by atoms with Gasteiger partial charge in [-0.05, 0) is 6.92 Å². The second-order valence-electron chi connectivity index (χ2n) is 3.73. The maximum Gasteiger partial charge on any atom is 0.317 e. The number of carboxylic acids is 1. The van der Waals surface area contributed by atoms with Crippen molar-refractivity contribution in [2.75, 3.05) is 26.7 Å². The number of urea groups is 1. The molecule has 0 bridgehead atoms. The fourth-order valence-corrected chi connectivity index (χ4v) is 1.00. The number of carbonyl (C=O) groups is 3. The van der Waals surface area contributed by atoms with Crippen molar-refractivity contribution in [3.63, 3.8) is 0 Å². The molecule has 0 rings (SSSR count). The van der Waals surface area contributed by atoms with Gasteiger partial charge in [0.15, 0.2) is 0 Å².